The number of carbonyl (C=O) groups excluding carboxylic acids is 1. The Bertz CT molecular complexity index is 1070. The first-order valence-corrected chi connectivity index (χ1v) is 10.6. The Morgan fingerprint density at radius 3 is 2.82 bits per heavy atom. The van der Waals surface area contributed by atoms with Crippen LogP contribution < -0.4 is 4.80 Å². The van der Waals surface area contributed by atoms with Gasteiger partial charge in [0.15, 0.2) is 4.80 Å². The van der Waals surface area contributed by atoms with Gasteiger partial charge >= 0.3 is 0 Å². The molecule has 0 unspecified atom stereocenters. The van der Waals surface area contributed by atoms with Crippen LogP contribution in [0.5, 0.6) is 0 Å². The largest absolute Gasteiger partial charge is 0.312 e. The number of aryl methyl sites for hydroxylation is 2. The number of allylic oxidation sites excluding steroid dienone is 1. The van der Waals surface area contributed by atoms with Gasteiger partial charge in [0.1, 0.15) is 5.69 Å². The third kappa shape index (κ3) is 4.17. The Balaban J connectivity index is 2.09. The van der Waals surface area contributed by atoms with E-state index in [1.165, 1.54) is 18.4 Å². The molecular formula is C22H28N4OS. The monoisotopic (exact) mass is 396 g/mol. The number of fused-ring (bicyclic) bond motifs is 1. The van der Waals surface area contributed by atoms with Crippen LogP contribution in [0, 0.1) is 6.92 Å². The van der Waals surface area contributed by atoms with Crippen molar-refractivity contribution in [2.24, 2.45) is 4.99 Å². The molecule has 148 valence electrons. The van der Waals surface area contributed by atoms with Crippen LogP contribution in [-0.4, -0.2) is 20.3 Å². The van der Waals surface area contributed by atoms with Gasteiger partial charge in [-0.1, -0.05) is 36.8 Å². The van der Waals surface area contributed by atoms with Crippen molar-refractivity contribution in [3.05, 3.63) is 58.7 Å². The summed E-state index contributed by atoms with van der Waals surface area (Å²) in [5, 5.41) is 4.43. The fraction of sp³-hybridized carbons (Fsp3) is 0.409. The molecule has 0 aliphatic rings. The number of amides is 1. The van der Waals surface area contributed by atoms with Crippen LogP contribution in [0.2, 0.25) is 0 Å². The highest BCUT2D eigenvalue weighted by Crippen LogP contribution is 2.21. The van der Waals surface area contributed by atoms with E-state index in [0.29, 0.717) is 17.0 Å². The zero-order valence-electron chi connectivity index (χ0n) is 17.1. The second kappa shape index (κ2) is 8.69. The summed E-state index contributed by atoms with van der Waals surface area (Å²) in [4.78, 5) is 18.1. The second-order valence-corrected chi connectivity index (χ2v) is 8.32. The van der Waals surface area contributed by atoms with Crippen LogP contribution >= 0.6 is 11.3 Å². The maximum absolute atomic E-state index is 12.9. The lowest BCUT2D eigenvalue weighted by molar-refractivity contribution is 0.0986. The number of aromatic nitrogens is 3. The Morgan fingerprint density at radius 2 is 2.14 bits per heavy atom. The van der Waals surface area contributed by atoms with Crippen LogP contribution in [-0.2, 0) is 13.0 Å². The van der Waals surface area contributed by atoms with Crippen LogP contribution in [0.15, 0.2) is 41.9 Å². The predicted octanol–water partition coefficient (Wildman–Crippen LogP) is 5.06. The fourth-order valence-electron chi connectivity index (χ4n) is 3.26. The maximum atomic E-state index is 12.9. The molecule has 0 fully saturated rings. The number of nitrogens with zero attached hydrogens (tertiary/aromatic N) is 4. The molecule has 3 rings (SSSR count). The molecule has 0 saturated carbocycles. The molecule has 3 aromatic rings. The standard InChI is InChI=1S/C22H28N4OS/c1-6-8-9-17-10-11-18-20(14-17)28-22(25(18)12-7-2)23-21(27)19-13-16(5)24-26(19)15(3)4/h7,10-11,13-15H,2,6,8-9,12H2,1,3-5H3. The molecule has 6 heteroatoms. The van der Waals surface area contributed by atoms with Crippen LogP contribution in [0.1, 0.15) is 61.4 Å². The van der Waals surface area contributed by atoms with E-state index >= 15 is 0 Å². The molecular weight excluding hydrogens is 368 g/mol. The smallest absolute Gasteiger partial charge is 0.297 e. The third-order valence-electron chi connectivity index (χ3n) is 4.64. The third-order valence-corrected chi connectivity index (χ3v) is 5.68. The predicted molar refractivity (Wildman–Crippen MR) is 116 cm³/mol. The number of benzene rings is 1. The SMILES string of the molecule is C=CCn1c(=NC(=O)c2cc(C)nn2C(C)C)sc2cc(CCCC)ccc21. The number of thiazole rings is 1. The Labute approximate surface area is 170 Å². The highest BCUT2D eigenvalue weighted by atomic mass is 32.1. The van der Waals surface area contributed by atoms with Crippen molar-refractivity contribution < 1.29 is 4.79 Å². The topological polar surface area (TPSA) is 52.2 Å². The highest BCUT2D eigenvalue weighted by molar-refractivity contribution is 7.16. The van der Waals surface area contributed by atoms with Crippen molar-refractivity contribution in [2.45, 2.75) is 59.5 Å². The molecule has 0 aliphatic carbocycles. The number of carbonyl (C=O) groups is 1. The van der Waals surface area contributed by atoms with Crippen LogP contribution in [0.4, 0.5) is 0 Å². The summed E-state index contributed by atoms with van der Waals surface area (Å²) in [7, 11) is 0. The highest BCUT2D eigenvalue weighted by Gasteiger charge is 2.16. The molecule has 1 amide bonds. The van der Waals surface area contributed by atoms with E-state index in [1.54, 1.807) is 22.1 Å². The maximum Gasteiger partial charge on any atom is 0.297 e. The van der Waals surface area contributed by atoms with Gasteiger partial charge in [0.2, 0.25) is 0 Å². The van der Waals surface area contributed by atoms with E-state index in [-0.39, 0.29) is 11.9 Å². The molecule has 0 saturated heterocycles. The molecule has 0 radical (unpaired) electrons. The van der Waals surface area contributed by atoms with E-state index in [4.69, 9.17) is 0 Å². The van der Waals surface area contributed by atoms with Gasteiger partial charge in [-0.3, -0.25) is 9.48 Å². The van der Waals surface area contributed by atoms with Crippen LogP contribution in [0.25, 0.3) is 10.2 Å². The number of unbranched alkanes of at least 4 members (excludes halogenated alkanes) is 1. The molecule has 0 N–H and O–H groups in total. The number of rotatable bonds is 7. The van der Waals surface area contributed by atoms with Crippen molar-refractivity contribution in [1.29, 1.82) is 0 Å². The summed E-state index contributed by atoms with van der Waals surface area (Å²) in [6, 6.07) is 8.44. The molecule has 0 atom stereocenters. The van der Waals surface area contributed by atoms with Crippen molar-refractivity contribution in [1.82, 2.24) is 14.3 Å². The van der Waals surface area contributed by atoms with Gasteiger partial charge in [-0.25, -0.2) is 0 Å². The molecule has 1 aromatic carbocycles. The first-order valence-electron chi connectivity index (χ1n) is 9.83. The molecule has 0 spiro atoms. The number of hydrogen-bond acceptors (Lipinski definition) is 3. The van der Waals surface area contributed by atoms with Crippen LogP contribution in [0.3, 0.4) is 0 Å². The van der Waals surface area contributed by atoms with E-state index in [9.17, 15) is 4.79 Å². The summed E-state index contributed by atoms with van der Waals surface area (Å²) in [6.45, 7) is 12.6. The van der Waals surface area contributed by atoms with E-state index in [2.05, 4.69) is 46.4 Å². The molecule has 2 heterocycles. The van der Waals surface area contributed by atoms with Crippen molar-refractivity contribution in [2.75, 3.05) is 0 Å². The van der Waals surface area contributed by atoms with Crippen molar-refractivity contribution in [3.63, 3.8) is 0 Å². The normalized spacial score (nSPS) is 12.2. The Morgan fingerprint density at radius 1 is 1.36 bits per heavy atom. The zero-order valence-corrected chi connectivity index (χ0v) is 17.9. The van der Waals surface area contributed by atoms with Crippen molar-refractivity contribution >= 4 is 27.5 Å². The average Bonchev–Trinajstić information content (AvgIpc) is 3.21. The summed E-state index contributed by atoms with van der Waals surface area (Å²) in [5.74, 6) is -0.259. The lowest BCUT2D eigenvalue weighted by Crippen LogP contribution is -2.18. The van der Waals surface area contributed by atoms with Gasteiger partial charge < -0.3 is 4.57 Å². The Hall–Kier alpha value is -2.47. The summed E-state index contributed by atoms with van der Waals surface area (Å²) >= 11 is 1.55. The molecule has 28 heavy (non-hydrogen) atoms. The van der Waals surface area contributed by atoms with E-state index < -0.39 is 0 Å². The second-order valence-electron chi connectivity index (χ2n) is 7.32. The van der Waals surface area contributed by atoms with Gasteiger partial charge in [-0.15, -0.1) is 6.58 Å². The summed E-state index contributed by atoms with van der Waals surface area (Å²) < 4.78 is 4.95. The Kier molecular flexibility index (Phi) is 6.29. The molecule has 2 aromatic heterocycles. The first kappa shape index (κ1) is 20.3. The zero-order chi connectivity index (χ0) is 20.3. The van der Waals surface area contributed by atoms with Gasteiger partial charge in [0, 0.05) is 12.6 Å². The van der Waals surface area contributed by atoms with Gasteiger partial charge in [-0.05, 0) is 57.4 Å². The minimum Gasteiger partial charge on any atom is -0.312 e. The van der Waals surface area contributed by atoms with E-state index in [0.717, 1.165) is 22.3 Å². The molecule has 0 aliphatic heterocycles. The summed E-state index contributed by atoms with van der Waals surface area (Å²) in [6.07, 6.45) is 5.27. The first-order chi connectivity index (χ1) is 13.4. The lowest BCUT2D eigenvalue weighted by atomic mass is 10.1. The summed E-state index contributed by atoms with van der Waals surface area (Å²) in [5.41, 5.74) is 3.76. The van der Waals surface area contributed by atoms with Gasteiger partial charge in [-0.2, -0.15) is 10.1 Å². The number of hydrogen-bond donors (Lipinski definition) is 0. The molecule has 0 bridgehead atoms. The molecule has 5 nitrogen and oxygen atoms in total. The van der Waals surface area contributed by atoms with E-state index in [1.807, 2.05) is 26.8 Å². The minimum absolute atomic E-state index is 0.103. The lowest BCUT2D eigenvalue weighted by Gasteiger charge is -2.08. The minimum atomic E-state index is -0.259. The average molecular weight is 397 g/mol. The van der Waals surface area contributed by atoms with Crippen molar-refractivity contribution in [3.8, 4) is 0 Å². The van der Waals surface area contributed by atoms with Gasteiger partial charge in [0.05, 0.1) is 15.9 Å². The quantitative estimate of drug-likeness (QED) is 0.524. The van der Waals surface area contributed by atoms with Gasteiger partial charge in [0.25, 0.3) is 5.91 Å². The fourth-order valence-corrected chi connectivity index (χ4v) is 4.36.